The van der Waals surface area contributed by atoms with Crippen LogP contribution in [0.5, 0.6) is 0 Å². The second-order valence-electron chi connectivity index (χ2n) is 7.48. The molecule has 7 heteroatoms. The van der Waals surface area contributed by atoms with Gasteiger partial charge in [-0.25, -0.2) is 9.07 Å². The average Bonchev–Trinajstić information content (AvgIpc) is 3.30. The largest absolute Gasteiger partial charge is 0.336 e. The third-order valence-electron chi connectivity index (χ3n) is 5.64. The number of thiophene rings is 1. The molecule has 4 heterocycles. The number of nitrogens with zero attached hydrogens (tertiary/aromatic N) is 3. The van der Waals surface area contributed by atoms with Crippen LogP contribution in [0.3, 0.4) is 0 Å². The Morgan fingerprint density at radius 2 is 2.00 bits per heavy atom. The Balaban J connectivity index is 1.48. The first kappa shape index (κ1) is 16.9. The molecule has 140 valence electrons. The first-order valence-electron chi connectivity index (χ1n) is 9.39. The van der Waals surface area contributed by atoms with Crippen LogP contribution in [0.1, 0.15) is 34.6 Å². The number of hydrogen-bond donors (Lipinski definition) is 1. The van der Waals surface area contributed by atoms with Crippen molar-refractivity contribution in [2.24, 2.45) is 0 Å². The van der Waals surface area contributed by atoms with Crippen molar-refractivity contribution in [1.82, 2.24) is 20.0 Å². The number of fused-ring (bicyclic) bond motifs is 3. The second-order valence-corrected chi connectivity index (χ2v) is 8.51. The summed E-state index contributed by atoms with van der Waals surface area (Å²) in [5, 5.41) is 9.19. The van der Waals surface area contributed by atoms with E-state index in [4.69, 9.17) is 0 Å². The number of aromatic nitrogens is 2. The third-order valence-corrected chi connectivity index (χ3v) is 6.74. The van der Waals surface area contributed by atoms with Gasteiger partial charge in [-0.2, -0.15) is 5.10 Å². The number of nitrogens with one attached hydrogen (secondary N) is 1. The molecule has 0 saturated carbocycles. The fourth-order valence-electron chi connectivity index (χ4n) is 4.19. The van der Waals surface area contributed by atoms with Gasteiger partial charge in [-0.3, -0.25) is 4.79 Å². The Hall–Kier alpha value is -2.25. The molecule has 0 aliphatic carbocycles. The van der Waals surface area contributed by atoms with E-state index < -0.39 is 0 Å². The van der Waals surface area contributed by atoms with Gasteiger partial charge in [-0.05, 0) is 56.5 Å². The molecule has 2 unspecified atom stereocenters. The van der Waals surface area contributed by atoms with Crippen molar-refractivity contribution < 1.29 is 9.18 Å². The maximum absolute atomic E-state index is 13.3. The standard InChI is InChI=1S/C20H21FN4OS/c1-12-17-10-18(19(26)24-9-8-14-4-5-15(11-24)22-14)27-20(17)25(23-12)16-6-2-13(21)3-7-16/h2-3,6-7,10,14-15,22H,4-5,8-9,11H2,1H3. The van der Waals surface area contributed by atoms with Crippen LogP contribution in [0.25, 0.3) is 15.9 Å². The van der Waals surface area contributed by atoms with Gasteiger partial charge in [0.25, 0.3) is 5.91 Å². The highest BCUT2D eigenvalue weighted by atomic mass is 32.1. The highest BCUT2D eigenvalue weighted by Crippen LogP contribution is 2.32. The van der Waals surface area contributed by atoms with Crippen molar-refractivity contribution in [2.45, 2.75) is 38.3 Å². The summed E-state index contributed by atoms with van der Waals surface area (Å²) in [6.07, 6.45) is 3.40. The molecule has 1 aromatic carbocycles. The number of rotatable bonds is 2. The van der Waals surface area contributed by atoms with Gasteiger partial charge in [0, 0.05) is 30.6 Å². The Kier molecular flexibility index (Phi) is 4.02. The summed E-state index contributed by atoms with van der Waals surface area (Å²) in [7, 11) is 0. The average molecular weight is 384 g/mol. The summed E-state index contributed by atoms with van der Waals surface area (Å²) in [5.74, 6) is -0.166. The third kappa shape index (κ3) is 2.95. The fraction of sp³-hybridized carbons (Fsp3) is 0.400. The number of amides is 1. The molecule has 27 heavy (non-hydrogen) atoms. The predicted molar refractivity (Wildman–Crippen MR) is 104 cm³/mol. The minimum absolute atomic E-state index is 0.107. The second kappa shape index (κ2) is 6.42. The van der Waals surface area contributed by atoms with Crippen LogP contribution < -0.4 is 5.32 Å². The molecule has 2 saturated heterocycles. The molecule has 0 radical (unpaired) electrons. The zero-order chi connectivity index (χ0) is 18.5. The molecule has 2 aliphatic heterocycles. The van der Waals surface area contributed by atoms with E-state index in [9.17, 15) is 9.18 Å². The van der Waals surface area contributed by atoms with Crippen LogP contribution in [-0.4, -0.2) is 45.8 Å². The molecular weight excluding hydrogens is 363 g/mol. The summed E-state index contributed by atoms with van der Waals surface area (Å²) < 4.78 is 15.1. The minimum atomic E-state index is -0.273. The summed E-state index contributed by atoms with van der Waals surface area (Å²) in [5.41, 5.74) is 1.67. The molecular formula is C20H21FN4OS. The van der Waals surface area contributed by atoms with E-state index in [1.165, 1.54) is 29.9 Å². The number of carbonyl (C=O) groups is 1. The van der Waals surface area contributed by atoms with E-state index >= 15 is 0 Å². The number of carbonyl (C=O) groups excluding carboxylic acids is 1. The van der Waals surface area contributed by atoms with Crippen LogP contribution in [0.4, 0.5) is 4.39 Å². The smallest absolute Gasteiger partial charge is 0.264 e. The number of aryl methyl sites for hydroxylation is 1. The molecule has 2 fully saturated rings. The quantitative estimate of drug-likeness (QED) is 0.736. The number of halogens is 1. The molecule has 2 bridgehead atoms. The van der Waals surface area contributed by atoms with Gasteiger partial charge in [0.15, 0.2) is 0 Å². The first-order chi connectivity index (χ1) is 13.1. The van der Waals surface area contributed by atoms with Gasteiger partial charge >= 0.3 is 0 Å². The zero-order valence-electron chi connectivity index (χ0n) is 15.1. The van der Waals surface area contributed by atoms with Gasteiger partial charge in [0.1, 0.15) is 10.6 Å². The van der Waals surface area contributed by atoms with E-state index in [0.29, 0.717) is 12.1 Å². The molecule has 1 N–H and O–H groups in total. The first-order valence-corrected chi connectivity index (χ1v) is 10.2. The summed E-state index contributed by atoms with van der Waals surface area (Å²) in [6.45, 7) is 3.54. The number of hydrogen-bond acceptors (Lipinski definition) is 4. The minimum Gasteiger partial charge on any atom is -0.336 e. The normalized spacial score (nSPS) is 22.4. The Morgan fingerprint density at radius 1 is 1.22 bits per heavy atom. The summed E-state index contributed by atoms with van der Waals surface area (Å²) in [4.78, 5) is 16.8. The lowest BCUT2D eigenvalue weighted by Crippen LogP contribution is -2.38. The Morgan fingerprint density at radius 3 is 2.81 bits per heavy atom. The van der Waals surface area contributed by atoms with E-state index in [1.807, 2.05) is 17.9 Å². The van der Waals surface area contributed by atoms with Crippen molar-refractivity contribution in [2.75, 3.05) is 13.1 Å². The van der Waals surface area contributed by atoms with Gasteiger partial charge < -0.3 is 10.2 Å². The van der Waals surface area contributed by atoms with Gasteiger partial charge in [-0.1, -0.05) is 0 Å². The monoisotopic (exact) mass is 384 g/mol. The molecule has 3 aromatic rings. The molecule has 2 aromatic heterocycles. The lowest BCUT2D eigenvalue weighted by Gasteiger charge is -2.23. The van der Waals surface area contributed by atoms with Gasteiger partial charge in [-0.15, -0.1) is 11.3 Å². The number of benzene rings is 1. The van der Waals surface area contributed by atoms with Crippen LogP contribution >= 0.6 is 11.3 Å². The van der Waals surface area contributed by atoms with Crippen molar-refractivity contribution >= 4 is 27.5 Å². The molecule has 2 aliphatic rings. The topological polar surface area (TPSA) is 50.2 Å². The van der Waals surface area contributed by atoms with Crippen LogP contribution in [-0.2, 0) is 0 Å². The molecule has 1 amide bonds. The van der Waals surface area contributed by atoms with Crippen LogP contribution in [0.15, 0.2) is 30.3 Å². The van der Waals surface area contributed by atoms with Gasteiger partial charge in [0.2, 0.25) is 0 Å². The maximum atomic E-state index is 13.3. The summed E-state index contributed by atoms with van der Waals surface area (Å²) in [6, 6.07) is 9.21. The van der Waals surface area contributed by atoms with Crippen molar-refractivity contribution in [3.05, 3.63) is 46.7 Å². The van der Waals surface area contributed by atoms with E-state index in [-0.39, 0.29) is 11.7 Å². The number of likely N-dealkylation sites (tertiary alicyclic amines) is 1. The van der Waals surface area contributed by atoms with Crippen LogP contribution in [0, 0.1) is 12.7 Å². The van der Waals surface area contributed by atoms with Crippen molar-refractivity contribution in [3.63, 3.8) is 0 Å². The Labute approximate surface area is 160 Å². The molecule has 2 atom stereocenters. The highest BCUT2D eigenvalue weighted by molar-refractivity contribution is 7.20. The highest BCUT2D eigenvalue weighted by Gasteiger charge is 2.32. The molecule has 0 spiro atoms. The predicted octanol–water partition coefficient (Wildman–Crippen LogP) is 3.50. The van der Waals surface area contributed by atoms with Gasteiger partial charge in [0.05, 0.1) is 16.3 Å². The Bertz CT molecular complexity index is 1010. The fourth-order valence-corrected chi connectivity index (χ4v) is 5.34. The van der Waals surface area contributed by atoms with Crippen molar-refractivity contribution in [3.8, 4) is 5.69 Å². The lowest BCUT2D eigenvalue weighted by molar-refractivity contribution is 0.0753. The van der Waals surface area contributed by atoms with Crippen LogP contribution in [0.2, 0.25) is 0 Å². The molecule has 5 nitrogen and oxygen atoms in total. The molecule has 5 rings (SSSR count). The van der Waals surface area contributed by atoms with Crippen molar-refractivity contribution in [1.29, 1.82) is 0 Å². The van der Waals surface area contributed by atoms with E-state index in [0.717, 1.165) is 52.4 Å². The maximum Gasteiger partial charge on any atom is 0.264 e. The zero-order valence-corrected chi connectivity index (χ0v) is 15.9. The van der Waals surface area contributed by atoms with E-state index in [2.05, 4.69) is 10.4 Å². The summed E-state index contributed by atoms with van der Waals surface area (Å²) >= 11 is 1.47. The van der Waals surface area contributed by atoms with E-state index in [1.54, 1.807) is 16.8 Å². The SMILES string of the molecule is Cc1nn(-c2ccc(F)cc2)c2sc(C(=O)N3CCC4CCC(C3)N4)cc12. The lowest BCUT2D eigenvalue weighted by atomic mass is 10.1.